The first-order valence-electron chi connectivity index (χ1n) is 9.40. The number of rotatable bonds is 3. The van der Waals surface area contributed by atoms with Gasteiger partial charge in [-0.25, -0.2) is 4.39 Å². The van der Waals surface area contributed by atoms with Gasteiger partial charge in [0.15, 0.2) is 0 Å². The van der Waals surface area contributed by atoms with Gasteiger partial charge in [-0.05, 0) is 56.7 Å². The van der Waals surface area contributed by atoms with Crippen LogP contribution in [0.1, 0.15) is 19.4 Å². The minimum absolute atomic E-state index is 0.162. The van der Waals surface area contributed by atoms with E-state index in [0.29, 0.717) is 11.4 Å². The van der Waals surface area contributed by atoms with E-state index in [4.69, 9.17) is 0 Å². The Morgan fingerprint density at radius 2 is 1.65 bits per heavy atom. The molecule has 4 heteroatoms. The average molecular weight is 351 g/mol. The van der Waals surface area contributed by atoms with Gasteiger partial charge in [-0.15, -0.1) is 0 Å². The summed E-state index contributed by atoms with van der Waals surface area (Å²) in [6.45, 7) is 10.8. The molecule has 0 spiro atoms. The summed E-state index contributed by atoms with van der Waals surface area (Å²) in [7, 11) is 0. The lowest BCUT2D eigenvalue weighted by Crippen LogP contribution is -2.48. The van der Waals surface area contributed by atoms with Gasteiger partial charge in [-0.1, -0.05) is 12.1 Å². The highest BCUT2D eigenvalue weighted by Gasteiger charge is 2.19. The van der Waals surface area contributed by atoms with Gasteiger partial charge in [0, 0.05) is 55.2 Å². The predicted octanol–water partition coefficient (Wildman–Crippen LogP) is 4.61. The van der Waals surface area contributed by atoms with Crippen molar-refractivity contribution in [1.82, 2.24) is 9.47 Å². The largest absolute Gasteiger partial charge is 0.369 e. The van der Waals surface area contributed by atoms with Crippen LogP contribution in [0, 0.1) is 12.7 Å². The topological polar surface area (TPSA) is 11.4 Å². The van der Waals surface area contributed by atoms with Crippen LogP contribution in [0.4, 0.5) is 10.1 Å². The zero-order chi connectivity index (χ0) is 18.3. The van der Waals surface area contributed by atoms with Crippen LogP contribution >= 0.6 is 0 Å². The lowest BCUT2D eigenvalue weighted by molar-refractivity contribution is 0.209. The first-order chi connectivity index (χ1) is 12.5. The monoisotopic (exact) mass is 351 g/mol. The Morgan fingerprint density at radius 3 is 2.38 bits per heavy atom. The van der Waals surface area contributed by atoms with E-state index >= 15 is 0 Å². The maximum absolute atomic E-state index is 14.1. The molecule has 0 amide bonds. The van der Waals surface area contributed by atoms with Gasteiger partial charge in [0.25, 0.3) is 0 Å². The van der Waals surface area contributed by atoms with Crippen molar-refractivity contribution in [3.63, 3.8) is 0 Å². The van der Waals surface area contributed by atoms with Gasteiger partial charge in [0.2, 0.25) is 0 Å². The van der Waals surface area contributed by atoms with E-state index in [1.807, 2.05) is 25.3 Å². The summed E-state index contributed by atoms with van der Waals surface area (Å²) in [6, 6.07) is 14.5. The molecule has 0 bridgehead atoms. The molecular weight excluding hydrogens is 325 g/mol. The van der Waals surface area contributed by atoms with Gasteiger partial charge in [-0.2, -0.15) is 0 Å². The molecule has 1 fully saturated rings. The third kappa shape index (κ3) is 2.99. The molecule has 0 aliphatic carbocycles. The van der Waals surface area contributed by atoms with Crippen LogP contribution in [0.3, 0.4) is 0 Å². The van der Waals surface area contributed by atoms with Crippen LogP contribution in [0.15, 0.2) is 48.7 Å². The molecule has 2 aromatic carbocycles. The summed E-state index contributed by atoms with van der Waals surface area (Å²) in [6.07, 6.45) is 1.97. The highest BCUT2D eigenvalue weighted by molar-refractivity contribution is 5.85. The molecule has 1 aromatic heterocycles. The zero-order valence-corrected chi connectivity index (χ0v) is 15.7. The number of nitrogens with zero attached hydrogens (tertiary/aromatic N) is 3. The molecule has 3 nitrogen and oxygen atoms in total. The standard InChI is InChI=1S/C22H26FN3/c1-16(2)24-11-13-25(14-12-24)18-5-4-6-19(15-18)26-10-9-20-21(23)8-7-17(3)22(20)26/h4-10,15-16H,11-14H2,1-3H3. The Hall–Kier alpha value is -2.33. The van der Waals surface area contributed by atoms with Gasteiger partial charge < -0.3 is 9.47 Å². The molecule has 1 saturated heterocycles. The molecule has 26 heavy (non-hydrogen) atoms. The number of anilines is 1. The lowest BCUT2D eigenvalue weighted by Gasteiger charge is -2.38. The number of halogens is 1. The second-order valence-corrected chi connectivity index (χ2v) is 7.45. The average Bonchev–Trinajstić information content (AvgIpc) is 3.11. The highest BCUT2D eigenvalue weighted by Crippen LogP contribution is 2.28. The normalized spacial score (nSPS) is 16.0. The smallest absolute Gasteiger partial charge is 0.132 e. The number of fused-ring (bicyclic) bond motifs is 1. The summed E-state index contributed by atoms with van der Waals surface area (Å²) >= 11 is 0. The quantitative estimate of drug-likeness (QED) is 0.683. The van der Waals surface area contributed by atoms with E-state index in [0.717, 1.165) is 42.9 Å². The minimum Gasteiger partial charge on any atom is -0.369 e. The zero-order valence-electron chi connectivity index (χ0n) is 15.7. The van der Waals surface area contributed by atoms with E-state index in [-0.39, 0.29) is 5.82 Å². The van der Waals surface area contributed by atoms with Crippen molar-refractivity contribution in [1.29, 1.82) is 0 Å². The Balaban J connectivity index is 1.66. The molecule has 0 radical (unpaired) electrons. The summed E-state index contributed by atoms with van der Waals surface area (Å²) in [5.41, 5.74) is 4.36. The van der Waals surface area contributed by atoms with Gasteiger partial charge in [0.05, 0.1) is 5.52 Å². The van der Waals surface area contributed by atoms with Gasteiger partial charge >= 0.3 is 0 Å². The molecule has 1 aliphatic rings. The molecule has 1 aliphatic heterocycles. The molecule has 4 rings (SSSR count). The maximum Gasteiger partial charge on any atom is 0.132 e. The predicted molar refractivity (Wildman–Crippen MR) is 107 cm³/mol. The summed E-state index contributed by atoms with van der Waals surface area (Å²) in [5, 5.41) is 0.681. The molecule has 3 aromatic rings. The third-order valence-corrected chi connectivity index (χ3v) is 5.51. The molecule has 2 heterocycles. The Bertz CT molecular complexity index is 920. The molecule has 0 atom stereocenters. The number of aromatic nitrogens is 1. The number of piperazine rings is 1. The molecule has 0 saturated carbocycles. The number of aryl methyl sites for hydroxylation is 1. The van der Waals surface area contributed by atoms with Gasteiger partial charge in [0.1, 0.15) is 5.82 Å². The maximum atomic E-state index is 14.1. The Kier molecular flexibility index (Phi) is 4.45. The fourth-order valence-electron chi connectivity index (χ4n) is 3.95. The van der Waals surface area contributed by atoms with Crippen LogP contribution < -0.4 is 4.90 Å². The highest BCUT2D eigenvalue weighted by atomic mass is 19.1. The van der Waals surface area contributed by atoms with Crippen molar-refractivity contribution in [2.24, 2.45) is 0 Å². The fraction of sp³-hybridized carbons (Fsp3) is 0.364. The fourth-order valence-corrected chi connectivity index (χ4v) is 3.95. The number of hydrogen-bond donors (Lipinski definition) is 0. The second-order valence-electron chi connectivity index (χ2n) is 7.45. The molecular formula is C22H26FN3. The number of hydrogen-bond acceptors (Lipinski definition) is 2. The van der Waals surface area contributed by atoms with E-state index in [2.05, 4.69) is 52.5 Å². The van der Waals surface area contributed by atoms with E-state index in [1.165, 1.54) is 5.69 Å². The van der Waals surface area contributed by atoms with Crippen molar-refractivity contribution >= 4 is 16.6 Å². The Labute approximate surface area is 154 Å². The van der Waals surface area contributed by atoms with Crippen LogP contribution in [0.5, 0.6) is 0 Å². The van der Waals surface area contributed by atoms with Crippen LogP contribution in [0.25, 0.3) is 16.6 Å². The van der Waals surface area contributed by atoms with Crippen LogP contribution in [-0.2, 0) is 0 Å². The van der Waals surface area contributed by atoms with Crippen molar-refractivity contribution in [3.8, 4) is 5.69 Å². The van der Waals surface area contributed by atoms with Crippen molar-refractivity contribution in [2.75, 3.05) is 31.1 Å². The van der Waals surface area contributed by atoms with Gasteiger partial charge in [-0.3, -0.25) is 4.90 Å². The van der Waals surface area contributed by atoms with Crippen molar-refractivity contribution in [3.05, 3.63) is 60.0 Å². The molecule has 0 unspecified atom stereocenters. The second kappa shape index (κ2) is 6.76. The molecule has 136 valence electrons. The lowest BCUT2D eigenvalue weighted by atomic mass is 10.1. The minimum atomic E-state index is -0.162. The summed E-state index contributed by atoms with van der Waals surface area (Å²) in [4.78, 5) is 4.97. The SMILES string of the molecule is Cc1ccc(F)c2ccn(-c3cccc(N4CCN(C(C)C)CC4)c3)c12. The summed E-state index contributed by atoms with van der Waals surface area (Å²) in [5.74, 6) is -0.162. The first-order valence-corrected chi connectivity index (χ1v) is 9.40. The first kappa shape index (κ1) is 17.1. The van der Waals surface area contributed by atoms with Crippen molar-refractivity contribution < 1.29 is 4.39 Å². The van der Waals surface area contributed by atoms with E-state index in [9.17, 15) is 4.39 Å². The van der Waals surface area contributed by atoms with Crippen molar-refractivity contribution in [2.45, 2.75) is 26.8 Å². The van der Waals surface area contributed by atoms with Crippen LogP contribution in [-0.4, -0.2) is 41.7 Å². The third-order valence-electron chi connectivity index (χ3n) is 5.51. The van der Waals surface area contributed by atoms with Crippen LogP contribution in [0.2, 0.25) is 0 Å². The summed E-state index contributed by atoms with van der Waals surface area (Å²) < 4.78 is 16.2. The van der Waals surface area contributed by atoms with E-state index in [1.54, 1.807) is 6.07 Å². The number of benzene rings is 2. The Morgan fingerprint density at radius 1 is 0.923 bits per heavy atom. The molecule has 0 N–H and O–H groups in total. The van der Waals surface area contributed by atoms with E-state index < -0.39 is 0 Å².